The first-order chi connectivity index (χ1) is 30.6. The Bertz CT molecular complexity index is 3700. The number of aromatic nitrogens is 4. The minimum Gasteiger partial charge on any atom is -0.309 e. The van der Waals surface area contributed by atoms with Gasteiger partial charge in [-0.15, -0.1) is 0 Å². The fourth-order valence-electron chi connectivity index (χ4n) is 7.98. The van der Waals surface area contributed by atoms with Gasteiger partial charge in [0.2, 0.25) is 0 Å². The summed E-state index contributed by atoms with van der Waals surface area (Å²) in [4.78, 5) is 14.6. The number of fused-ring (bicyclic) bond motifs is 6. The summed E-state index contributed by atoms with van der Waals surface area (Å²) < 4.78 is 109. The Hall–Kier alpha value is -6.65. The number of hydrogen-bond acceptors (Lipinski definition) is 3. The second kappa shape index (κ2) is 10.7. The van der Waals surface area contributed by atoms with Crippen LogP contribution in [0.5, 0.6) is 0 Å². The van der Waals surface area contributed by atoms with Crippen molar-refractivity contribution in [3.05, 3.63) is 169 Å². The molecule has 0 aliphatic heterocycles. The van der Waals surface area contributed by atoms with Gasteiger partial charge in [0, 0.05) is 44.0 Å². The van der Waals surface area contributed by atoms with Crippen LogP contribution in [0, 0.1) is 0 Å². The fraction of sp³-hybridized carbons (Fsp3) is 0.0625. The predicted molar refractivity (Wildman–Crippen MR) is 214 cm³/mol. The molecule has 0 radical (unpaired) electrons. The molecule has 0 N–H and O–H groups in total. The summed E-state index contributed by atoms with van der Waals surface area (Å²) >= 11 is 0. The second-order valence-corrected chi connectivity index (χ2v) is 13.5. The highest BCUT2D eigenvalue weighted by molar-refractivity contribution is 6.36. The molecule has 52 heavy (non-hydrogen) atoms. The Morgan fingerprint density at radius 1 is 0.481 bits per heavy atom. The molecule has 1 aliphatic rings. The van der Waals surface area contributed by atoms with Crippen molar-refractivity contribution in [2.75, 3.05) is 0 Å². The molecule has 4 nitrogen and oxygen atoms in total. The lowest BCUT2D eigenvalue weighted by Crippen LogP contribution is -2.15. The van der Waals surface area contributed by atoms with Gasteiger partial charge in [0.1, 0.15) is 0 Å². The summed E-state index contributed by atoms with van der Waals surface area (Å²) in [5.41, 5.74) is 2.01. The Morgan fingerprint density at radius 2 is 1.13 bits per heavy atom. The van der Waals surface area contributed by atoms with E-state index < -0.39 is 59.8 Å². The fourth-order valence-corrected chi connectivity index (χ4v) is 7.98. The smallest absolute Gasteiger partial charge is 0.164 e. The first-order valence-corrected chi connectivity index (χ1v) is 16.9. The van der Waals surface area contributed by atoms with E-state index in [1.54, 1.807) is 13.8 Å². The van der Waals surface area contributed by atoms with Crippen molar-refractivity contribution in [1.82, 2.24) is 19.5 Å². The zero-order chi connectivity index (χ0) is 45.0. The number of hydrogen-bond donors (Lipinski definition) is 0. The second-order valence-electron chi connectivity index (χ2n) is 13.5. The van der Waals surface area contributed by atoms with Crippen LogP contribution >= 0.6 is 0 Å². The van der Waals surface area contributed by atoms with E-state index in [1.807, 2.05) is 72.8 Å². The summed E-state index contributed by atoms with van der Waals surface area (Å²) in [5, 5.41) is 5.52. The molecule has 10 aromatic rings. The van der Waals surface area contributed by atoms with E-state index >= 15 is 0 Å². The quantitative estimate of drug-likeness (QED) is 0.174. The topological polar surface area (TPSA) is 43.6 Å². The summed E-state index contributed by atoms with van der Waals surface area (Å²) in [5.74, 6) is -0.562. The average Bonchev–Trinajstić information content (AvgIpc) is 3.77. The summed E-state index contributed by atoms with van der Waals surface area (Å²) in [7, 11) is 0. The molecule has 0 unspecified atom stereocenters. The van der Waals surface area contributed by atoms with Gasteiger partial charge in [0.15, 0.2) is 17.5 Å². The molecule has 8 aromatic carbocycles. The minimum absolute atomic E-state index is 0.0199. The molecule has 11 rings (SSSR count). The van der Waals surface area contributed by atoms with Crippen LogP contribution in [0.2, 0.25) is 0 Å². The molecular weight excluding hydrogens is 633 g/mol. The Morgan fingerprint density at radius 3 is 1.98 bits per heavy atom. The molecule has 0 fully saturated rings. The molecule has 4 heteroatoms. The van der Waals surface area contributed by atoms with Gasteiger partial charge in [-0.2, -0.15) is 0 Å². The Labute approximate surface area is 317 Å². The molecule has 2 aromatic heterocycles. The summed E-state index contributed by atoms with van der Waals surface area (Å²) in [6.07, 6.45) is 0. The lowest BCUT2D eigenvalue weighted by Gasteiger charge is -2.21. The standard InChI is InChI=1S/C48H32N4/c1-48(2)38-22-12-11-19-33(38)34-25-24-30(28-39(34)48)46-49-45(29-14-5-3-6-15-29)50-47(51-46)37-26-27-41-44-42(37)35-20-10-9-18-32(35)36-21-13-23-40(43(36)44)52(41)31-16-7-4-8-17-31/h3-28H,1-2H3/i3D,5D,6D,11D,12D,14D,15D,19D,22D,24D,25D,28D. The van der Waals surface area contributed by atoms with Crippen LogP contribution in [0.25, 0.3) is 94.3 Å². The maximum atomic E-state index is 9.80. The maximum absolute atomic E-state index is 9.80. The van der Waals surface area contributed by atoms with E-state index in [1.165, 1.54) is 0 Å². The lowest BCUT2D eigenvalue weighted by atomic mass is 9.82. The highest BCUT2D eigenvalue weighted by Gasteiger charge is 2.35. The van der Waals surface area contributed by atoms with E-state index in [0.717, 1.165) is 49.0 Å². The van der Waals surface area contributed by atoms with E-state index in [9.17, 15) is 4.11 Å². The van der Waals surface area contributed by atoms with Crippen LogP contribution in [0.4, 0.5) is 0 Å². The molecule has 0 atom stereocenters. The van der Waals surface area contributed by atoms with Gasteiger partial charge in [0.05, 0.1) is 27.5 Å². The van der Waals surface area contributed by atoms with Gasteiger partial charge in [-0.05, 0) is 74.8 Å². The number of nitrogens with zero attached hydrogens (tertiary/aromatic N) is 4. The summed E-state index contributed by atoms with van der Waals surface area (Å²) in [6, 6.07) is 22.2. The molecule has 2 heterocycles. The van der Waals surface area contributed by atoms with E-state index in [0.29, 0.717) is 5.56 Å². The van der Waals surface area contributed by atoms with Crippen molar-refractivity contribution < 1.29 is 16.4 Å². The first kappa shape index (κ1) is 19.7. The molecule has 0 bridgehead atoms. The van der Waals surface area contributed by atoms with Crippen molar-refractivity contribution in [3.63, 3.8) is 0 Å². The van der Waals surface area contributed by atoms with Crippen LogP contribution in [0.15, 0.2) is 157 Å². The van der Waals surface area contributed by atoms with Gasteiger partial charge in [0.25, 0.3) is 0 Å². The number of rotatable bonds is 4. The van der Waals surface area contributed by atoms with E-state index in [2.05, 4.69) is 16.7 Å². The molecule has 0 spiro atoms. The minimum atomic E-state index is -1.24. The van der Waals surface area contributed by atoms with Gasteiger partial charge < -0.3 is 4.57 Å². The maximum Gasteiger partial charge on any atom is 0.164 e. The molecular formula is C48H32N4. The molecule has 0 saturated heterocycles. The van der Waals surface area contributed by atoms with Gasteiger partial charge in [-0.25, -0.2) is 15.0 Å². The van der Waals surface area contributed by atoms with Crippen LogP contribution in [0.1, 0.15) is 41.4 Å². The highest BCUT2D eigenvalue weighted by atomic mass is 15.0. The SMILES string of the molecule is [2H]c1c([2H])c([2H])c(-c2nc(-c3c([2H])c([2H])c4c(c3[2H])C(C)(C)c3c([2H])c([2H])c([2H])c([2H])c3-4)nc(-c3ccc4c5c3c3ccccc3c3cccc(c35)n4-c3ccccc3)n2)c([2H])c1[2H]. The Kier molecular flexibility index (Phi) is 4.04. The van der Waals surface area contributed by atoms with Gasteiger partial charge >= 0.3 is 0 Å². The third-order valence-corrected chi connectivity index (χ3v) is 10.3. The number of benzene rings is 8. The summed E-state index contributed by atoms with van der Waals surface area (Å²) in [6.45, 7) is 3.41. The third-order valence-electron chi connectivity index (χ3n) is 10.3. The van der Waals surface area contributed by atoms with Crippen LogP contribution in [-0.4, -0.2) is 19.5 Å². The van der Waals surface area contributed by atoms with Crippen molar-refractivity contribution in [2.45, 2.75) is 19.3 Å². The largest absolute Gasteiger partial charge is 0.309 e. The van der Waals surface area contributed by atoms with Crippen molar-refractivity contribution in [2.24, 2.45) is 0 Å². The Balaban J connectivity index is 1.28. The van der Waals surface area contributed by atoms with Crippen molar-refractivity contribution >= 4 is 43.4 Å². The van der Waals surface area contributed by atoms with Gasteiger partial charge in [-0.3, -0.25) is 0 Å². The first-order valence-electron chi connectivity index (χ1n) is 22.9. The van der Waals surface area contributed by atoms with E-state index in [-0.39, 0.29) is 69.0 Å². The van der Waals surface area contributed by atoms with Crippen molar-refractivity contribution in [1.29, 1.82) is 0 Å². The third kappa shape index (κ3) is 4.00. The zero-order valence-electron chi connectivity index (χ0n) is 39.9. The predicted octanol–water partition coefficient (Wildman–Crippen LogP) is 12.0. The average molecular weight is 677 g/mol. The van der Waals surface area contributed by atoms with Crippen LogP contribution < -0.4 is 0 Å². The van der Waals surface area contributed by atoms with Crippen molar-refractivity contribution in [3.8, 4) is 51.0 Å². The molecule has 0 amide bonds. The molecule has 1 aliphatic carbocycles. The molecule has 0 saturated carbocycles. The monoisotopic (exact) mass is 676 g/mol. The van der Waals surface area contributed by atoms with Gasteiger partial charge in [-0.1, -0.05) is 135 Å². The number of para-hydroxylation sites is 1. The highest BCUT2D eigenvalue weighted by Crippen LogP contribution is 2.50. The van der Waals surface area contributed by atoms with Crippen LogP contribution in [0.3, 0.4) is 0 Å². The van der Waals surface area contributed by atoms with Crippen LogP contribution in [-0.2, 0) is 5.41 Å². The lowest BCUT2D eigenvalue weighted by molar-refractivity contribution is 0.660. The molecule has 244 valence electrons. The normalized spacial score (nSPS) is 16.6. The van der Waals surface area contributed by atoms with E-state index in [4.69, 9.17) is 27.3 Å². The zero-order valence-corrected chi connectivity index (χ0v) is 27.9.